The molecule has 0 radical (unpaired) electrons. The van der Waals surface area contributed by atoms with Crippen molar-refractivity contribution in [1.82, 2.24) is 4.90 Å². The zero-order chi connectivity index (χ0) is 21.1. The molecule has 6 heteroatoms. The summed E-state index contributed by atoms with van der Waals surface area (Å²) < 4.78 is 5.82. The van der Waals surface area contributed by atoms with E-state index >= 15 is 0 Å². The lowest BCUT2D eigenvalue weighted by molar-refractivity contribution is -0.137. The molecule has 1 N–H and O–H groups in total. The van der Waals surface area contributed by atoms with Gasteiger partial charge in [0, 0.05) is 10.6 Å². The minimum Gasteiger partial charge on any atom is -0.492 e. The van der Waals surface area contributed by atoms with Crippen LogP contribution in [-0.2, 0) is 9.59 Å². The summed E-state index contributed by atoms with van der Waals surface area (Å²) in [5, 5.41) is 5.04. The molecule has 1 aliphatic rings. The van der Waals surface area contributed by atoms with Crippen molar-refractivity contribution in [2.24, 2.45) is 0 Å². The van der Waals surface area contributed by atoms with Gasteiger partial charge in [0.2, 0.25) is 0 Å². The van der Waals surface area contributed by atoms with Crippen LogP contribution in [0, 0.1) is 13.8 Å². The van der Waals surface area contributed by atoms with E-state index in [1.807, 2.05) is 73.8 Å². The van der Waals surface area contributed by atoms with Crippen LogP contribution >= 0.6 is 11.3 Å². The van der Waals surface area contributed by atoms with Gasteiger partial charge in [0.15, 0.2) is 0 Å². The topological polar surface area (TPSA) is 58.6 Å². The average molecular weight is 419 g/mol. The second kappa shape index (κ2) is 8.55. The molecule has 2 heterocycles. The van der Waals surface area contributed by atoms with Crippen molar-refractivity contribution in [2.75, 3.05) is 18.5 Å². The number of nitrogens with zero attached hydrogens (tertiary/aromatic N) is 1. The highest BCUT2D eigenvalue weighted by Gasteiger charge is 2.39. The number of hydrogen-bond acceptors (Lipinski definition) is 5. The van der Waals surface area contributed by atoms with Crippen LogP contribution in [0.2, 0.25) is 0 Å². The van der Waals surface area contributed by atoms with E-state index in [2.05, 4.69) is 11.4 Å². The minimum absolute atomic E-state index is 0.180. The Balaban J connectivity index is 1.53. The number of thiophene rings is 1. The SMILES string of the molecule is Cc1cc(C)cc(OCCN2C(=O)C(Nc3ccccc3)=C(c3cccs3)C2=O)c1. The highest BCUT2D eigenvalue weighted by Crippen LogP contribution is 2.32. The number of aryl methyl sites for hydroxylation is 2. The van der Waals surface area contributed by atoms with Crippen LogP contribution in [0.25, 0.3) is 5.57 Å². The lowest BCUT2D eigenvalue weighted by atomic mass is 10.1. The van der Waals surface area contributed by atoms with Crippen molar-refractivity contribution < 1.29 is 14.3 Å². The first-order chi connectivity index (χ1) is 14.5. The first-order valence-corrected chi connectivity index (χ1v) is 10.6. The molecular formula is C24H22N2O3S. The molecule has 0 saturated heterocycles. The number of nitrogens with one attached hydrogen (secondary N) is 1. The molecule has 4 rings (SSSR count). The van der Waals surface area contributed by atoms with E-state index in [-0.39, 0.29) is 25.0 Å². The van der Waals surface area contributed by atoms with E-state index in [0.29, 0.717) is 11.3 Å². The molecule has 2 amide bonds. The molecule has 0 fully saturated rings. The molecular weight excluding hydrogens is 396 g/mol. The van der Waals surface area contributed by atoms with Crippen molar-refractivity contribution in [3.8, 4) is 5.75 Å². The quantitative estimate of drug-likeness (QED) is 0.568. The van der Waals surface area contributed by atoms with Crippen molar-refractivity contribution in [1.29, 1.82) is 0 Å². The number of para-hydroxylation sites is 1. The molecule has 1 aliphatic heterocycles. The third-order valence-corrected chi connectivity index (χ3v) is 5.64. The summed E-state index contributed by atoms with van der Waals surface area (Å²) in [4.78, 5) is 28.3. The van der Waals surface area contributed by atoms with Gasteiger partial charge in [-0.1, -0.05) is 30.3 Å². The van der Waals surface area contributed by atoms with E-state index in [4.69, 9.17) is 4.74 Å². The first kappa shape index (κ1) is 19.9. The molecule has 0 spiro atoms. The lowest BCUT2D eigenvalue weighted by Crippen LogP contribution is -2.36. The maximum Gasteiger partial charge on any atom is 0.278 e. The molecule has 3 aromatic rings. The van der Waals surface area contributed by atoms with Crippen LogP contribution in [-0.4, -0.2) is 29.9 Å². The first-order valence-electron chi connectivity index (χ1n) is 9.70. The Bertz CT molecular complexity index is 1080. The van der Waals surface area contributed by atoms with Crippen molar-refractivity contribution in [2.45, 2.75) is 13.8 Å². The van der Waals surface area contributed by atoms with Gasteiger partial charge in [-0.2, -0.15) is 0 Å². The number of benzene rings is 2. The molecule has 2 aromatic carbocycles. The second-order valence-electron chi connectivity index (χ2n) is 7.15. The molecule has 30 heavy (non-hydrogen) atoms. The number of carbonyl (C=O) groups excluding carboxylic acids is 2. The number of imide groups is 1. The predicted octanol–water partition coefficient (Wildman–Crippen LogP) is 4.64. The van der Waals surface area contributed by atoms with E-state index in [9.17, 15) is 9.59 Å². The lowest BCUT2D eigenvalue weighted by Gasteiger charge is -2.16. The number of carbonyl (C=O) groups is 2. The smallest absolute Gasteiger partial charge is 0.278 e. The summed E-state index contributed by atoms with van der Waals surface area (Å²) in [6, 6.07) is 19.1. The van der Waals surface area contributed by atoms with Gasteiger partial charge in [-0.3, -0.25) is 14.5 Å². The summed E-state index contributed by atoms with van der Waals surface area (Å²) in [7, 11) is 0. The highest BCUT2D eigenvalue weighted by atomic mass is 32.1. The Morgan fingerprint density at radius 3 is 2.33 bits per heavy atom. The number of ether oxygens (including phenoxy) is 1. The van der Waals surface area contributed by atoms with Crippen LogP contribution in [0.1, 0.15) is 16.0 Å². The van der Waals surface area contributed by atoms with Crippen LogP contribution in [0.15, 0.2) is 71.7 Å². The molecule has 1 aromatic heterocycles. The number of anilines is 1. The molecule has 0 saturated carbocycles. The third kappa shape index (κ3) is 4.14. The number of amides is 2. The molecule has 0 unspecified atom stereocenters. The van der Waals surface area contributed by atoms with Crippen LogP contribution in [0.3, 0.4) is 0 Å². The van der Waals surface area contributed by atoms with Gasteiger partial charge >= 0.3 is 0 Å². The van der Waals surface area contributed by atoms with Crippen molar-refractivity contribution in [3.05, 3.63) is 87.7 Å². The van der Waals surface area contributed by atoms with Crippen molar-refractivity contribution >= 4 is 34.4 Å². The Hall–Kier alpha value is -3.38. The van der Waals surface area contributed by atoms with Crippen molar-refractivity contribution in [3.63, 3.8) is 0 Å². The summed E-state index contributed by atoms with van der Waals surface area (Å²) in [6.07, 6.45) is 0. The highest BCUT2D eigenvalue weighted by molar-refractivity contribution is 7.11. The van der Waals surface area contributed by atoms with Crippen LogP contribution < -0.4 is 10.1 Å². The summed E-state index contributed by atoms with van der Waals surface area (Å²) in [5.41, 5.74) is 3.69. The van der Waals surface area contributed by atoms with E-state index in [1.54, 1.807) is 0 Å². The fourth-order valence-corrected chi connectivity index (χ4v) is 4.25. The maximum absolute atomic E-state index is 13.1. The van der Waals surface area contributed by atoms with Gasteiger partial charge in [-0.15, -0.1) is 11.3 Å². The Labute approximate surface area is 179 Å². The molecule has 5 nitrogen and oxygen atoms in total. The van der Waals surface area contributed by atoms with E-state index < -0.39 is 0 Å². The van der Waals surface area contributed by atoms with Gasteiger partial charge < -0.3 is 10.1 Å². The number of hydrogen-bond donors (Lipinski definition) is 1. The number of rotatable bonds is 7. The van der Waals surface area contributed by atoms with Gasteiger partial charge in [0.25, 0.3) is 11.8 Å². The summed E-state index contributed by atoms with van der Waals surface area (Å²) in [5.74, 6) is 0.0989. The molecule has 0 bridgehead atoms. The largest absolute Gasteiger partial charge is 0.492 e. The maximum atomic E-state index is 13.1. The van der Waals surface area contributed by atoms with Gasteiger partial charge in [-0.25, -0.2) is 0 Å². The average Bonchev–Trinajstić information content (AvgIpc) is 3.31. The zero-order valence-corrected chi connectivity index (χ0v) is 17.7. The Kier molecular flexibility index (Phi) is 5.68. The Morgan fingerprint density at radius 1 is 0.933 bits per heavy atom. The normalized spacial score (nSPS) is 13.9. The third-order valence-electron chi connectivity index (χ3n) is 4.76. The molecule has 0 atom stereocenters. The summed E-state index contributed by atoms with van der Waals surface area (Å²) >= 11 is 1.44. The van der Waals surface area contributed by atoms with Crippen LogP contribution in [0.5, 0.6) is 5.75 Å². The Morgan fingerprint density at radius 2 is 1.67 bits per heavy atom. The second-order valence-corrected chi connectivity index (χ2v) is 8.10. The monoisotopic (exact) mass is 418 g/mol. The zero-order valence-electron chi connectivity index (χ0n) is 16.8. The standard InChI is InChI=1S/C24H22N2O3S/c1-16-13-17(2)15-19(14-16)29-11-10-26-23(27)21(20-9-6-12-30-20)22(24(26)28)25-18-7-4-3-5-8-18/h3-9,12-15,25H,10-11H2,1-2H3. The summed E-state index contributed by atoms with van der Waals surface area (Å²) in [6.45, 7) is 4.43. The fourth-order valence-electron chi connectivity index (χ4n) is 3.48. The molecule has 152 valence electrons. The van der Waals surface area contributed by atoms with E-state index in [1.165, 1.54) is 16.2 Å². The fraction of sp³-hybridized carbons (Fsp3) is 0.167. The van der Waals surface area contributed by atoms with Crippen LogP contribution in [0.4, 0.5) is 5.69 Å². The van der Waals surface area contributed by atoms with Gasteiger partial charge in [0.1, 0.15) is 18.1 Å². The van der Waals surface area contributed by atoms with Gasteiger partial charge in [-0.05, 0) is 60.7 Å². The molecule has 0 aliphatic carbocycles. The van der Waals surface area contributed by atoms with E-state index in [0.717, 1.165) is 27.4 Å². The minimum atomic E-state index is -0.337. The predicted molar refractivity (Wildman–Crippen MR) is 119 cm³/mol. The van der Waals surface area contributed by atoms with Gasteiger partial charge in [0.05, 0.1) is 12.1 Å².